The van der Waals surface area contributed by atoms with Crippen LogP contribution in [0.1, 0.15) is 45.4 Å². The normalized spacial score (nSPS) is 27.9. The molecular formula is C11H21ClO2S. The Morgan fingerprint density at radius 3 is 2.53 bits per heavy atom. The molecule has 4 heteroatoms. The van der Waals surface area contributed by atoms with Crippen molar-refractivity contribution in [3.05, 3.63) is 0 Å². The summed E-state index contributed by atoms with van der Waals surface area (Å²) in [5.41, 5.74) is 0. The standard InChI is InChI=1S/C11H21ClO2S/c1-2-15(13,14)9-5-7-10-6-3-4-8-11(10)12/h10-11H,2-9H2,1H3. The summed E-state index contributed by atoms with van der Waals surface area (Å²) >= 11 is 6.22. The quantitative estimate of drug-likeness (QED) is 0.705. The monoisotopic (exact) mass is 252 g/mol. The lowest BCUT2D eigenvalue weighted by Crippen LogP contribution is -2.20. The van der Waals surface area contributed by atoms with Crippen LogP contribution in [0.2, 0.25) is 0 Å². The predicted octanol–water partition coefficient (Wildman–Crippen LogP) is 3.00. The molecule has 0 spiro atoms. The van der Waals surface area contributed by atoms with Gasteiger partial charge in [0.25, 0.3) is 0 Å². The molecule has 2 atom stereocenters. The summed E-state index contributed by atoms with van der Waals surface area (Å²) in [6.45, 7) is 1.71. The molecule has 0 aromatic heterocycles. The molecule has 0 aliphatic heterocycles. The summed E-state index contributed by atoms with van der Waals surface area (Å²) in [5, 5.41) is 0.281. The average Bonchev–Trinajstić information content (AvgIpc) is 2.21. The molecule has 2 nitrogen and oxygen atoms in total. The molecule has 0 amide bonds. The topological polar surface area (TPSA) is 34.1 Å². The number of alkyl halides is 1. The fourth-order valence-electron chi connectivity index (χ4n) is 2.20. The summed E-state index contributed by atoms with van der Waals surface area (Å²) in [6, 6.07) is 0. The first-order chi connectivity index (χ1) is 7.05. The maximum absolute atomic E-state index is 11.3. The highest BCUT2D eigenvalue weighted by atomic mass is 35.5. The minimum absolute atomic E-state index is 0.266. The van der Waals surface area contributed by atoms with Crippen LogP contribution >= 0.6 is 11.6 Å². The van der Waals surface area contributed by atoms with Gasteiger partial charge in [-0.25, -0.2) is 8.42 Å². The molecule has 0 N–H and O–H groups in total. The van der Waals surface area contributed by atoms with E-state index in [4.69, 9.17) is 11.6 Å². The Bertz CT molecular complexity index is 274. The third-order valence-electron chi connectivity index (χ3n) is 3.29. The van der Waals surface area contributed by atoms with E-state index in [0.29, 0.717) is 11.7 Å². The highest BCUT2D eigenvalue weighted by Gasteiger charge is 2.23. The van der Waals surface area contributed by atoms with E-state index in [0.717, 1.165) is 19.3 Å². The van der Waals surface area contributed by atoms with E-state index in [1.54, 1.807) is 6.92 Å². The van der Waals surface area contributed by atoms with Crippen LogP contribution in [-0.2, 0) is 9.84 Å². The van der Waals surface area contributed by atoms with Gasteiger partial charge in [0.05, 0.1) is 5.75 Å². The van der Waals surface area contributed by atoms with E-state index in [9.17, 15) is 8.42 Å². The van der Waals surface area contributed by atoms with Crippen LogP contribution in [0.15, 0.2) is 0 Å². The van der Waals surface area contributed by atoms with E-state index in [1.165, 1.54) is 19.3 Å². The van der Waals surface area contributed by atoms with E-state index >= 15 is 0 Å². The van der Waals surface area contributed by atoms with Gasteiger partial charge in [-0.2, -0.15) is 0 Å². The minimum atomic E-state index is -2.78. The highest BCUT2D eigenvalue weighted by Crippen LogP contribution is 2.31. The summed E-state index contributed by atoms with van der Waals surface area (Å²) in [4.78, 5) is 0. The smallest absolute Gasteiger partial charge is 0.150 e. The van der Waals surface area contributed by atoms with Crippen LogP contribution in [0.4, 0.5) is 0 Å². The molecule has 2 unspecified atom stereocenters. The van der Waals surface area contributed by atoms with Crippen molar-refractivity contribution in [2.24, 2.45) is 5.92 Å². The second-order valence-electron chi connectivity index (χ2n) is 4.44. The fourth-order valence-corrected chi connectivity index (χ4v) is 3.50. The number of halogens is 1. The molecule has 0 bridgehead atoms. The first kappa shape index (κ1) is 13.3. The molecule has 1 saturated carbocycles. The van der Waals surface area contributed by atoms with Gasteiger partial charge in [-0.15, -0.1) is 11.6 Å². The lowest BCUT2D eigenvalue weighted by Gasteiger charge is -2.26. The third-order valence-corrected chi connectivity index (χ3v) is 5.65. The second-order valence-corrected chi connectivity index (χ2v) is 7.47. The van der Waals surface area contributed by atoms with E-state index in [2.05, 4.69) is 0 Å². The van der Waals surface area contributed by atoms with Crippen LogP contribution in [-0.4, -0.2) is 25.3 Å². The van der Waals surface area contributed by atoms with Gasteiger partial charge in [-0.1, -0.05) is 19.8 Å². The van der Waals surface area contributed by atoms with Gasteiger partial charge in [0, 0.05) is 11.1 Å². The third kappa shape index (κ3) is 4.73. The zero-order valence-electron chi connectivity index (χ0n) is 9.41. The van der Waals surface area contributed by atoms with Gasteiger partial charge in [-0.3, -0.25) is 0 Å². The molecule has 0 aromatic carbocycles. The fraction of sp³-hybridized carbons (Fsp3) is 1.00. The van der Waals surface area contributed by atoms with E-state index < -0.39 is 9.84 Å². The maximum Gasteiger partial charge on any atom is 0.150 e. The van der Waals surface area contributed by atoms with Crippen molar-refractivity contribution in [1.29, 1.82) is 0 Å². The molecule has 0 heterocycles. The summed E-state index contributed by atoms with van der Waals surface area (Å²) in [5.74, 6) is 1.15. The van der Waals surface area contributed by atoms with Crippen molar-refractivity contribution in [3.63, 3.8) is 0 Å². The summed E-state index contributed by atoms with van der Waals surface area (Å²) < 4.78 is 22.6. The van der Waals surface area contributed by atoms with E-state index in [-0.39, 0.29) is 11.1 Å². The SMILES string of the molecule is CCS(=O)(=O)CCCC1CCCCC1Cl. The lowest BCUT2D eigenvalue weighted by molar-refractivity contribution is 0.343. The Hall–Kier alpha value is 0.240. The largest absolute Gasteiger partial charge is 0.229 e. The molecule has 0 saturated heterocycles. The second kappa shape index (κ2) is 6.09. The Labute approximate surface area is 98.3 Å². The highest BCUT2D eigenvalue weighted by molar-refractivity contribution is 7.91. The molecule has 1 aliphatic rings. The molecule has 1 aliphatic carbocycles. The van der Waals surface area contributed by atoms with Gasteiger partial charge in [0.1, 0.15) is 9.84 Å². The Morgan fingerprint density at radius 1 is 1.27 bits per heavy atom. The van der Waals surface area contributed by atoms with Gasteiger partial charge < -0.3 is 0 Å². The van der Waals surface area contributed by atoms with Crippen molar-refractivity contribution in [1.82, 2.24) is 0 Å². The van der Waals surface area contributed by atoms with Crippen LogP contribution in [0, 0.1) is 5.92 Å². The van der Waals surface area contributed by atoms with E-state index in [1.807, 2.05) is 0 Å². The molecule has 90 valence electrons. The van der Waals surface area contributed by atoms with Crippen molar-refractivity contribution < 1.29 is 8.42 Å². The molecule has 15 heavy (non-hydrogen) atoms. The van der Waals surface area contributed by atoms with Crippen LogP contribution in [0.3, 0.4) is 0 Å². The van der Waals surface area contributed by atoms with Gasteiger partial charge in [0.2, 0.25) is 0 Å². The van der Waals surface area contributed by atoms with Gasteiger partial charge >= 0.3 is 0 Å². The van der Waals surface area contributed by atoms with Crippen LogP contribution in [0.25, 0.3) is 0 Å². The minimum Gasteiger partial charge on any atom is -0.229 e. The van der Waals surface area contributed by atoms with Crippen molar-refractivity contribution in [3.8, 4) is 0 Å². The average molecular weight is 253 g/mol. The summed E-state index contributed by atoms with van der Waals surface area (Å²) in [7, 11) is -2.78. The molecule has 1 fully saturated rings. The Balaban J connectivity index is 2.25. The van der Waals surface area contributed by atoms with Crippen LogP contribution < -0.4 is 0 Å². The summed E-state index contributed by atoms with van der Waals surface area (Å²) in [6.07, 6.45) is 6.54. The first-order valence-electron chi connectivity index (χ1n) is 5.89. The predicted molar refractivity (Wildman–Crippen MR) is 65.2 cm³/mol. The molecule has 0 radical (unpaired) electrons. The lowest BCUT2D eigenvalue weighted by atomic mass is 9.86. The van der Waals surface area contributed by atoms with Crippen molar-refractivity contribution in [2.45, 2.75) is 50.8 Å². The Morgan fingerprint density at radius 2 is 1.93 bits per heavy atom. The first-order valence-corrected chi connectivity index (χ1v) is 8.15. The zero-order chi connectivity index (χ0) is 11.3. The van der Waals surface area contributed by atoms with Crippen LogP contribution in [0.5, 0.6) is 0 Å². The number of hydrogen-bond acceptors (Lipinski definition) is 2. The number of hydrogen-bond donors (Lipinski definition) is 0. The van der Waals surface area contributed by atoms with Crippen molar-refractivity contribution >= 4 is 21.4 Å². The van der Waals surface area contributed by atoms with Gasteiger partial charge in [-0.05, 0) is 31.6 Å². The molecular weight excluding hydrogens is 232 g/mol. The molecule has 0 aromatic rings. The Kier molecular flexibility index (Phi) is 5.41. The molecule has 1 rings (SSSR count). The van der Waals surface area contributed by atoms with Gasteiger partial charge in [0.15, 0.2) is 0 Å². The maximum atomic E-state index is 11.3. The van der Waals surface area contributed by atoms with Crippen molar-refractivity contribution in [2.75, 3.05) is 11.5 Å². The number of rotatable bonds is 5. The number of sulfone groups is 1. The zero-order valence-corrected chi connectivity index (χ0v) is 11.0.